The van der Waals surface area contributed by atoms with E-state index in [-0.39, 0.29) is 0 Å². The van der Waals surface area contributed by atoms with Crippen LogP contribution in [-0.4, -0.2) is 16.8 Å². The minimum absolute atomic E-state index is 0.385. The Hall–Kier alpha value is -1.58. The van der Waals surface area contributed by atoms with Crippen molar-refractivity contribution in [3.63, 3.8) is 0 Å². The summed E-state index contributed by atoms with van der Waals surface area (Å²) in [7, 11) is 0. The summed E-state index contributed by atoms with van der Waals surface area (Å²) in [4.78, 5) is 0. The first-order valence-corrected chi connectivity index (χ1v) is 3.16. The van der Waals surface area contributed by atoms with Gasteiger partial charge in [0, 0.05) is 6.07 Å². The van der Waals surface area contributed by atoms with Gasteiger partial charge in [-0.3, -0.25) is 0 Å². The van der Waals surface area contributed by atoms with Gasteiger partial charge in [0.15, 0.2) is 0 Å². The molecule has 0 unspecified atom stereocenters. The number of anilines is 1. The van der Waals surface area contributed by atoms with Gasteiger partial charge >= 0.3 is 0 Å². The number of aromatic nitrogens is 2. The highest BCUT2D eigenvalue weighted by Gasteiger charge is 1.92. The first-order valence-electron chi connectivity index (χ1n) is 3.16. The summed E-state index contributed by atoms with van der Waals surface area (Å²) in [6, 6.07) is 3.29. The molecule has 0 saturated carbocycles. The number of hydrogen-bond acceptors (Lipinski definition) is 4. The highest BCUT2D eigenvalue weighted by molar-refractivity contribution is 5.27. The molecule has 1 aromatic rings. The number of rotatable bonds is 3. The molecule has 0 amide bonds. The van der Waals surface area contributed by atoms with Crippen LogP contribution >= 0.6 is 0 Å². The summed E-state index contributed by atoms with van der Waals surface area (Å²) >= 11 is 0. The van der Waals surface area contributed by atoms with Gasteiger partial charge in [-0.2, -0.15) is 0 Å². The van der Waals surface area contributed by atoms with E-state index in [0.29, 0.717) is 18.3 Å². The van der Waals surface area contributed by atoms with E-state index < -0.39 is 0 Å². The third-order valence-electron chi connectivity index (χ3n) is 1.01. The Labute approximate surface area is 64.7 Å². The van der Waals surface area contributed by atoms with Gasteiger partial charge in [-0.1, -0.05) is 12.7 Å². The van der Waals surface area contributed by atoms with Crippen molar-refractivity contribution >= 4 is 5.82 Å². The van der Waals surface area contributed by atoms with E-state index in [1.165, 1.54) is 0 Å². The summed E-state index contributed by atoms with van der Waals surface area (Å²) in [6.07, 6.45) is 1.64. The summed E-state index contributed by atoms with van der Waals surface area (Å²) < 4.78 is 5.06. The fourth-order valence-corrected chi connectivity index (χ4v) is 0.552. The van der Waals surface area contributed by atoms with Crippen molar-refractivity contribution in [1.82, 2.24) is 10.2 Å². The quantitative estimate of drug-likeness (QED) is 0.643. The van der Waals surface area contributed by atoms with E-state index >= 15 is 0 Å². The van der Waals surface area contributed by atoms with E-state index in [2.05, 4.69) is 16.8 Å². The molecule has 0 aliphatic rings. The molecule has 1 aromatic heterocycles. The van der Waals surface area contributed by atoms with Gasteiger partial charge in [0.2, 0.25) is 5.88 Å². The minimum atomic E-state index is 0.385. The zero-order valence-corrected chi connectivity index (χ0v) is 6.03. The lowest BCUT2D eigenvalue weighted by molar-refractivity contribution is 0.344. The van der Waals surface area contributed by atoms with Crippen LogP contribution in [0, 0.1) is 0 Å². The standard InChI is InChI=1S/C7H9N3O/c1-2-5-11-7-4-3-6(8)9-10-7/h2-4H,1,5H2,(H2,8,9). The van der Waals surface area contributed by atoms with E-state index in [1.54, 1.807) is 18.2 Å². The molecule has 4 heteroatoms. The van der Waals surface area contributed by atoms with Crippen molar-refractivity contribution < 1.29 is 4.74 Å². The largest absolute Gasteiger partial charge is 0.472 e. The van der Waals surface area contributed by atoms with Crippen LogP contribution in [0.2, 0.25) is 0 Å². The molecule has 0 atom stereocenters. The van der Waals surface area contributed by atoms with Gasteiger partial charge < -0.3 is 10.5 Å². The normalized spacial score (nSPS) is 9.09. The number of nitrogens with zero attached hydrogens (tertiary/aromatic N) is 2. The molecule has 4 nitrogen and oxygen atoms in total. The maximum atomic E-state index is 5.31. The Morgan fingerprint density at radius 2 is 2.36 bits per heavy atom. The topological polar surface area (TPSA) is 61.0 Å². The van der Waals surface area contributed by atoms with Gasteiger partial charge in [0.25, 0.3) is 0 Å². The van der Waals surface area contributed by atoms with Crippen molar-refractivity contribution in [3.05, 3.63) is 24.8 Å². The van der Waals surface area contributed by atoms with Crippen LogP contribution in [0.1, 0.15) is 0 Å². The van der Waals surface area contributed by atoms with Crippen LogP contribution in [0.15, 0.2) is 24.8 Å². The Morgan fingerprint density at radius 3 is 2.91 bits per heavy atom. The average Bonchev–Trinajstić information content (AvgIpc) is 2.04. The second-order valence-electron chi connectivity index (χ2n) is 1.90. The molecule has 0 aliphatic heterocycles. The van der Waals surface area contributed by atoms with Crippen molar-refractivity contribution in [2.45, 2.75) is 0 Å². The van der Waals surface area contributed by atoms with Crippen molar-refractivity contribution in [2.24, 2.45) is 0 Å². The zero-order valence-electron chi connectivity index (χ0n) is 6.03. The van der Waals surface area contributed by atoms with Crippen LogP contribution in [0.4, 0.5) is 5.82 Å². The van der Waals surface area contributed by atoms with Gasteiger partial charge in [0.1, 0.15) is 12.4 Å². The molecule has 1 rings (SSSR count). The maximum Gasteiger partial charge on any atom is 0.233 e. The predicted molar refractivity (Wildman–Crippen MR) is 42.1 cm³/mol. The SMILES string of the molecule is C=CCOc1ccc(N)nn1. The van der Waals surface area contributed by atoms with E-state index in [4.69, 9.17) is 10.5 Å². The third-order valence-corrected chi connectivity index (χ3v) is 1.01. The van der Waals surface area contributed by atoms with Crippen LogP contribution in [0.3, 0.4) is 0 Å². The molecule has 0 aromatic carbocycles. The van der Waals surface area contributed by atoms with Gasteiger partial charge in [-0.15, -0.1) is 10.2 Å². The number of nitrogens with two attached hydrogens (primary N) is 1. The highest BCUT2D eigenvalue weighted by Crippen LogP contribution is 2.04. The lowest BCUT2D eigenvalue weighted by atomic mass is 10.5. The monoisotopic (exact) mass is 151 g/mol. The zero-order chi connectivity index (χ0) is 8.10. The summed E-state index contributed by atoms with van der Waals surface area (Å²) in [6.45, 7) is 3.92. The fourth-order valence-electron chi connectivity index (χ4n) is 0.552. The van der Waals surface area contributed by atoms with E-state index in [0.717, 1.165) is 0 Å². The van der Waals surface area contributed by atoms with Crippen molar-refractivity contribution in [3.8, 4) is 5.88 Å². The summed E-state index contributed by atoms with van der Waals surface area (Å²) in [5, 5.41) is 7.27. The lowest BCUT2D eigenvalue weighted by Crippen LogP contribution is -1.98. The van der Waals surface area contributed by atoms with E-state index in [9.17, 15) is 0 Å². The Kier molecular flexibility index (Phi) is 2.43. The molecule has 0 fully saturated rings. The van der Waals surface area contributed by atoms with Gasteiger partial charge in [-0.05, 0) is 6.07 Å². The highest BCUT2D eigenvalue weighted by atomic mass is 16.5. The lowest BCUT2D eigenvalue weighted by Gasteiger charge is -1.99. The predicted octanol–water partition coefficient (Wildman–Crippen LogP) is 0.624. The number of nitrogen functional groups attached to an aromatic ring is 1. The van der Waals surface area contributed by atoms with E-state index in [1.807, 2.05) is 0 Å². The molecule has 0 spiro atoms. The molecule has 1 heterocycles. The molecule has 11 heavy (non-hydrogen) atoms. The minimum Gasteiger partial charge on any atom is -0.472 e. The fraction of sp³-hybridized carbons (Fsp3) is 0.143. The van der Waals surface area contributed by atoms with Crippen molar-refractivity contribution in [2.75, 3.05) is 12.3 Å². The molecule has 2 N–H and O–H groups in total. The molecular weight excluding hydrogens is 142 g/mol. The van der Waals surface area contributed by atoms with Crippen molar-refractivity contribution in [1.29, 1.82) is 0 Å². The Morgan fingerprint density at radius 1 is 1.55 bits per heavy atom. The molecular formula is C7H9N3O. The number of hydrogen-bond donors (Lipinski definition) is 1. The second-order valence-corrected chi connectivity index (χ2v) is 1.90. The first kappa shape index (κ1) is 7.53. The molecule has 0 radical (unpaired) electrons. The molecule has 58 valence electrons. The van der Waals surface area contributed by atoms with Crippen LogP contribution < -0.4 is 10.5 Å². The Bertz CT molecular complexity index is 232. The Balaban J connectivity index is 2.58. The van der Waals surface area contributed by atoms with Gasteiger partial charge in [-0.25, -0.2) is 0 Å². The number of ether oxygens (including phenoxy) is 1. The summed E-state index contributed by atoms with van der Waals surface area (Å²) in [5.41, 5.74) is 5.31. The first-order chi connectivity index (χ1) is 5.33. The third kappa shape index (κ3) is 2.25. The maximum absolute atomic E-state index is 5.31. The van der Waals surface area contributed by atoms with Crippen LogP contribution in [0.25, 0.3) is 0 Å². The van der Waals surface area contributed by atoms with Gasteiger partial charge in [0.05, 0.1) is 0 Å². The summed E-state index contributed by atoms with van der Waals surface area (Å²) in [5.74, 6) is 0.843. The molecule has 0 bridgehead atoms. The molecule has 0 aliphatic carbocycles. The molecule has 0 saturated heterocycles. The smallest absolute Gasteiger partial charge is 0.233 e. The van der Waals surface area contributed by atoms with Crippen LogP contribution in [0.5, 0.6) is 5.88 Å². The van der Waals surface area contributed by atoms with Crippen LogP contribution in [-0.2, 0) is 0 Å². The average molecular weight is 151 g/mol. The second kappa shape index (κ2) is 3.55.